The van der Waals surface area contributed by atoms with E-state index in [1.54, 1.807) is 0 Å². The predicted molar refractivity (Wildman–Crippen MR) is 104 cm³/mol. The van der Waals surface area contributed by atoms with Crippen molar-refractivity contribution in [3.8, 4) is 0 Å². The van der Waals surface area contributed by atoms with Crippen molar-refractivity contribution in [1.82, 2.24) is 0 Å². The lowest BCUT2D eigenvalue weighted by atomic mass is 9.89. The summed E-state index contributed by atoms with van der Waals surface area (Å²) in [5.74, 6) is -0.682. The highest BCUT2D eigenvalue weighted by molar-refractivity contribution is 6.06. The first kappa shape index (κ1) is 25.2. The summed E-state index contributed by atoms with van der Waals surface area (Å²) in [5, 5.41) is 14.3. The van der Waals surface area contributed by atoms with E-state index in [2.05, 4.69) is 10.5 Å². The molecule has 4 nitrogen and oxygen atoms in total. The predicted octanol–water partition coefficient (Wildman–Crippen LogP) is 6.30. The second-order valence-electron chi connectivity index (χ2n) is 7.05. The number of halogens is 7. The van der Waals surface area contributed by atoms with Gasteiger partial charge in [-0.3, -0.25) is 4.79 Å². The number of hydrogen-bond donors (Lipinski definition) is 2. The second kappa shape index (κ2) is 8.79. The van der Waals surface area contributed by atoms with E-state index in [1.165, 1.54) is 45.0 Å². The van der Waals surface area contributed by atoms with Gasteiger partial charge in [0.05, 0.1) is 5.71 Å². The molecule has 1 amide bonds. The zero-order valence-electron chi connectivity index (χ0n) is 17.1. The lowest BCUT2D eigenvalue weighted by Gasteiger charge is -2.31. The summed E-state index contributed by atoms with van der Waals surface area (Å²) >= 11 is 0. The number of benzene rings is 2. The van der Waals surface area contributed by atoms with Crippen molar-refractivity contribution in [1.29, 1.82) is 0 Å². The molecule has 2 aromatic carbocycles. The van der Waals surface area contributed by atoms with Crippen LogP contribution in [0.25, 0.3) is 0 Å². The maximum atomic E-state index is 14.5. The minimum atomic E-state index is -6.23. The van der Waals surface area contributed by atoms with Gasteiger partial charge in [-0.1, -0.05) is 30.3 Å². The molecule has 2 aromatic rings. The Balaban J connectivity index is 2.48. The molecule has 0 aliphatic carbocycles. The molecule has 2 N–H and O–H groups in total. The van der Waals surface area contributed by atoms with Crippen LogP contribution >= 0.6 is 0 Å². The maximum Gasteiger partial charge on any atom is 0.435 e. The van der Waals surface area contributed by atoms with Crippen LogP contribution in [0.5, 0.6) is 0 Å². The van der Waals surface area contributed by atoms with Crippen molar-refractivity contribution < 1.29 is 40.7 Å². The molecule has 0 bridgehead atoms. The van der Waals surface area contributed by atoms with Crippen LogP contribution in [-0.2, 0) is 12.1 Å². The van der Waals surface area contributed by atoms with Gasteiger partial charge in [-0.15, -0.1) is 0 Å². The van der Waals surface area contributed by atoms with Crippen molar-refractivity contribution in [2.45, 2.75) is 45.2 Å². The van der Waals surface area contributed by atoms with Crippen molar-refractivity contribution in [2.24, 2.45) is 5.16 Å². The zero-order chi connectivity index (χ0) is 24.5. The Hall–Kier alpha value is -3.11. The summed E-state index contributed by atoms with van der Waals surface area (Å²) < 4.78 is 93.1. The highest BCUT2D eigenvalue weighted by atomic mass is 19.4. The first-order chi connectivity index (χ1) is 14.7. The molecule has 0 atom stereocenters. The summed E-state index contributed by atoms with van der Waals surface area (Å²) in [7, 11) is 0. The maximum absolute atomic E-state index is 14.5. The number of carbonyl (C=O) groups is 1. The Morgan fingerprint density at radius 1 is 0.969 bits per heavy atom. The summed E-state index contributed by atoms with van der Waals surface area (Å²) in [6.45, 7) is 4.15. The molecule has 0 heterocycles. The minimum Gasteiger partial charge on any atom is -0.411 e. The standard InChI is InChI=1S/C21H19F7N2O2/c1-4-13-10-16(19(22,20(23,24)25)21(26,27)28)9-11(2)17(13)29-18(31)15-7-5-14(6-8-15)12(3)30-32/h5-10,32H,4H2,1-3H3,(H,29,31)/b30-12+. The Labute approximate surface area is 178 Å². The number of hydrogen-bond acceptors (Lipinski definition) is 3. The van der Waals surface area contributed by atoms with E-state index in [0.29, 0.717) is 23.4 Å². The van der Waals surface area contributed by atoms with Crippen LogP contribution in [0.2, 0.25) is 0 Å². The van der Waals surface area contributed by atoms with Gasteiger partial charge in [-0.05, 0) is 55.2 Å². The largest absolute Gasteiger partial charge is 0.435 e. The van der Waals surface area contributed by atoms with Crippen molar-refractivity contribution >= 4 is 17.3 Å². The molecule has 0 radical (unpaired) electrons. The van der Waals surface area contributed by atoms with Gasteiger partial charge < -0.3 is 10.5 Å². The van der Waals surface area contributed by atoms with Gasteiger partial charge in [-0.25, -0.2) is 4.39 Å². The Bertz CT molecular complexity index is 1010. The number of alkyl halides is 7. The van der Waals surface area contributed by atoms with Crippen molar-refractivity contribution in [3.63, 3.8) is 0 Å². The van der Waals surface area contributed by atoms with E-state index in [1.807, 2.05) is 0 Å². The third-order valence-corrected chi connectivity index (χ3v) is 4.93. The molecule has 0 fully saturated rings. The van der Waals surface area contributed by atoms with Gasteiger partial charge in [0.1, 0.15) is 0 Å². The minimum absolute atomic E-state index is 0.00914. The van der Waals surface area contributed by atoms with Crippen LogP contribution in [0.4, 0.5) is 36.4 Å². The van der Waals surface area contributed by atoms with E-state index in [9.17, 15) is 35.5 Å². The molecular weight excluding hydrogens is 445 g/mol. The zero-order valence-corrected chi connectivity index (χ0v) is 17.1. The molecule has 0 aromatic heterocycles. The average molecular weight is 464 g/mol. The molecule has 0 aliphatic rings. The quantitative estimate of drug-likeness (QED) is 0.236. The smallest absolute Gasteiger partial charge is 0.411 e. The van der Waals surface area contributed by atoms with Gasteiger partial charge in [0.25, 0.3) is 5.91 Å². The fourth-order valence-corrected chi connectivity index (χ4v) is 3.11. The van der Waals surface area contributed by atoms with Crippen molar-refractivity contribution in [2.75, 3.05) is 5.32 Å². The summed E-state index contributed by atoms with van der Waals surface area (Å²) in [6.07, 6.45) is -12.5. The molecule has 2 rings (SSSR count). The molecule has 0 unspecified atom stereocenters. The average Bonchev–Trinajstić information content (AvgIpc) is 2.72. The Morgan fingerprint density at radius 3 is 1.91 bits per heavy atom. The molecule has 0 spiro atoms. The number of carbonyl (C=O) groups excluding carboxylic acids is 1. The van der Waals surface area contributed by atoms with Gasteiger partial charge in [0.15, 0.2) is 0 Å². The number of nitrogens with zero attached hydrogens (tertiary/aromatic N) is 1. The number of nitrogens with one attached hydrogen (secondary N) is 1. The number of oxime groups is 1. The molecule has 0 aliphatic heterocycles. The molecule has 174 valence electrons. The van der Waals surface area contributed by atoms with Gasteiger partial charge in [-0.2, -0.15) is 26.3 Å². The normalized spacial score (nSPS) is 13.2. The Kier molecular flexibility index (Phi) is 6.91. The van der Waals surface area contributed by atoms with Crippen LogP contribution in [0.15, 0.2) is 41.6 Å². The van der Waals surface area contributed by atoms with Crippen LogP contribution < -0.4 is 5.32 Å². The molecule has 32 heavy (non-hydrogen) atoms. The lowest BCUT2D eigenvalue weighted by molar-refractivity contribution is -0.348. The third kappa shape index (κ3) is 4.56. The molecular formula is C21H19F7N2O2. The van der Waals surface area contributed by atoms with E-state index in [0.717, 1.165) is 0 Å². The van der Waals surface area contributed by atoms with Crippen molar-refractivity contribution in [3.05, 3.63) is 64.2 Å². The number of amides is 1. The van der Waals surface area contributed by atoms with Gasteiger partial charge in [0.2, 0.25) is 0 Å². The van der Waals surface area contributed by atoms with Gasteiger partial charge in [0, 0.05) is 16.8 Å². The molecule has 0 saturated carbocycles. The first-order valence-electron chi connectivity index (χ1n) is 9.24. The van der Waals surface area contributed by atoms with E-state index in [4.69, 9.17) is 5.21 Å². The second-order valence-corrected chi connectivity index (χ2v) is 7.05. The highest BCUT2D eigenvalue weighted by Crippen LogP contribution is 2.53. The highest BCUT2D eigenvalue weighted by Gasteiger charge is 2.73. The molecule has 0 saturated heterocycles. The van der Waals surface area contributed by atoms with Crippen LogP contribution in [0.3, 0.4) is 0 Å². The van der Waals surface area contributed by atoms with E-state index < -0.39 is 29.5 Å². The number of rotatable bonds is 5. The topological polar surface area (TPSA) is 61.7 Å². The summed E-state index contributed by atoms with van der Waals surface area (Å²) in [5.41, 5.74) is -6.47. The Morgan fingerprint density at radius 2 is 1.47 bits per heavy atom. The fourth-order valence-electron chi connectivity index (χ4n) is 3.11. The third-order valence-electron chi connectivity index (χ3n) is 4.93. The summed E-state index contributed by atoms with van der Waals surface area (Å²) in [4.78, 5) is 12.6. The van der Waals surface area contributed by atoms with E-state index >= 15 is 0 Å². The van der Waals surface area contributed by atoms with E-state index in [-0.39, 0.29) is 28.8 Å². The molecule has 11 heteroatoms. The number of anilines is 1. The lowest BCUT2D eigenvalue weighted by Crippen LogP contribution is -2.50. The monoisotopic (exact) mass is 464 g/mol. The summed E-state index contributed by atoms with van der Waals surface area (Å²) in [6, 6.07) is 6.67. The van der Waals surface area contributed by atoms with Gasteiger partial charge >= 0.3 is 18.0 Å². The van der Waals surface area contributed by atoms with Crippen LogP contribution in [-0.4, -0.2) is 29.2 Å². The SMILES string of the molecule is CCc1cc(C(F)(C(F)(F)F)C(F)(F)F)cc(C)c1NC(=O)c1ccc(/C(C)=N/O)cc1. The number of aryl methyl sites for hydroxylation is 2. The van der Waals surface area contributed by atoms with Crippen LogP contribution in [0.1, 0.15) is 46.5 Å². The first-order valence-corrected chi connectivity index (χ1v) is 9.24. The fraction of sp³-hybridized carbons (Fsp3) is 0.333. The van der Waals surface area contributed by atoms with Crippen LogP contribution in [0, 0.1) is 6.92 Å².